The first-order valence-electron chi connectivity index (χ1n) is 16.4. The summed E-state index contributed by atoms with van der Waals surface area (Å²) in [5.74, 6) is 1.86. The third-order valence-corrected chi connectivity index (χ3v) is 9.50. The molecule has 0 atom stereocenters. The van der Waals surface area contributed by atoms with E-state index in [1.54, 1.807) is 0 Å². The van der Waals surface area contributed by atoms with Crippen LogP contribution in [-0.2, 0) is 0 Å². The molecule has 0 radical (unpaired) electrons. The first kappa shape index (κ1) is 27.5. The van der Waals surface area contributed by atoms with Gasteiger partial charge in [-0.05, 0) is 62.3 Å². The maximum Gasteiger partial charge on any atom is 0.164 e. The minimum absolute atomic E-state index is 0.603. The van der Waals surface area contributed by atoms with E-state index in [-0.39, 0.29) is 0 Å². The van der Waals surface area contributed by atoms with Crippen LogP contribution in [0.5, 0.6) is 0 Å². The van der Waals surface area contributed by atoms with Crippen molar-refractivity contribution in [2.75, 3.05) is 0 Å². The van der Waals surface area contributed by atoms with Crippen LogP contribution in [0.15, 0.2) is 168 Å². The highest BCUT2D eigenvalue weighted by Gasteiger charge is 2.20. The molecule has 0 amide bonds. The number of benzene rings is 8. The highest BCUT2D eigenvalue weighted by atomic mass is 16.3. The van der Waals surface area contributed by atoms with E-state index in [9.17, 15) is 0 Å². The van der Waals surface area contributed by atoms with Crippen LogP contribution in [0.3, 0.4) is 0 Å². The fraction of sp³-hybridized carbons (Fsp3) is 0. The first-order chi connectivity index (χ1) is 24.3. The molecule has 2 heterocycles. The molecule has 0 unspecified atom stereocenters. The lowest BCUT2D eigenvalue weighted by atomic mass is 9.92. The zero-order chi connectivity index (χ0) is 32.3. The van der Waals surface area contributed by atoms with Gasteiger partial charge in [0.25, 0.3) is 0 Å². The molecule has 228 valence electrons. The number of rotatable bonds is 4. The molecule has 0 bridgehead atoms. The van der Waals surface area contributed by atoms with Gasteiger partial charge in [-0.25, -0.2) is 15.0 Å². The number of furan rings is 1. The predicted molar refractivity (Wildman–Crippen MR) is 201 cm³/mol. The Morgan fingerprint density at radius 1 is 0.327 bits per heavy atom. The van der Waals surface area contributed by atoms with Crippen LogP contribution in [0.1, 0.15) is 0 Å². The van der Waals surface area contributed by atoms with E-state index in [0.717, 1.165) is 60.5 Å². The second-order valence-electron chi connectivity index (χ2n) is 12.4. The number of fused-ring (bicyclic) bond motifs is 8. The van der Waals surface area contributed by atoms with Crippen LogP contribution in [0.25, 0.3) is 99.5 Å². The van der Waals surface area contributed by atoms with Gasteiger partial charge in [0.1, 0.15) is 11.2 Å². The van der Waals surface area contributed by atoms with Crippen LogP contribution in [0.4, 0.5) is 0 Å². The van der Waals surface area contributed by atoms with Crippen molar-refractivity contribution in [1.29, 1.82) is 0 Å². The molecule has 0 N–H and O–H groups in total. The van der Waals surface area contributed by atoms with Crippen LogP contribution in [0.2, 0.25) is 0 Å². The number of aromatic nitrogens is 3. The molecule has 4 nitrogen and oxygen atoms in total. The summed E-state index contributed by atoms with van der Waals surface area (Å²) in [5, 5.41) is 9.00. The largest absolute Gasteiger partial charge is 0.456 e. The van der Waals surface area contributed by atoms with Crippen molar-refractivity contribution in [3.63, 3.8) is 0 Å². The maximum absolute atomic E-state index is 6.49. The second-order valence-corrected chi connectivity index (χ2v) is 12.4. The molecule has 0 spiro atoms. The van der Waals surface area contributed by atoms with E-state index in [2.05, 4.69) is 127 Å². The Balaban J connectivity index is 1.27. The zero-order valence-corrected chi connectivity index (χ0v) is 26.3. The molecule has 4 heteroatoms. The highest BCUT2D eigenvalue weighted by molar-refractivity contribution is 6.22. The molecule has 0 aliphatic heterocycles. The van der Waals surface area contributed by atoms with Gasteiger partial charge in [0, 0.05) is 32.8 Å². The Hall–Kier alpha value is -6.65. The minimum Gasteiger partial charge on any atom is -0.456 e. The van der Waals surface area contributed by atoms with Gasteiger partial charge in [0.2, 0.25) is 0 Å². The van der Waals surface area contributed by atoms with Gasteiger partial charge in [-0.2, -0.15) is 0 Å². The summed E-state index contributed by atoms with van der Waals surface area (Å²) in [7, 11) is 0. The summed E-state index contributed by atoms with van der Waals surface area (Å²) in [6.07, 6.45) is 0. The van der Waals surface area contributed by atoms with Gasteiger partial charge < -0.3 is 4.42 Å². The quantitative estimate of drug-likeness (QED) is 0.183. The number of hydrogen-bond acceptors (Lipinski definition) is 4. The third kappa shape index (κ3) is 4.49. The van der Waals surface area contributed by atoms with Crippen molar-refractivity contribution in [3.05, 3.63) is 164 Å². The number of nitrogens with zero attached hydrogens (tertiary/aromatic N) is 3. The van der Waals surface area contributed by atoms with E-state index >= 15 is 0 Å². The Bertz CT molecular complexity index is 2880. The zero-order valence-electron chi connectivity index (χ0n) is 26.3. The van der Waals surface area contributed by atoms with E-state index < -0.39 is 0 Å². The molecule has 8 aromatic carbocycles. The first-order valence-corrected chi connectivity index (χ1v) is 16.4. The lowest BCUT2D eigenvalue weighted by Gasteiger charge is -2.14. The van der Waals surface area contributed by atoms with Crippen LogP contribution in [0, 0.1) is 0 Å². The Kier molecular flexibility index (Phi) is 6.15. The Morgan fingerprint density at radius 3 is 1.80 bits per heavy atom. The summed E-state index contributed by atoms with van der Waals surface area (Å²) in [4.78, 5) is 15.6. The smallest absolute Gasteiger partial charge is 0.164 e. The normalized spacial score (nSPS) is 11.7. The highest BCUT2D eigenvalue weighted by Crippen LogP contribution is 2.41. The van der Waals surface area contributed by atoms with Gasteiger partial charge in [0.15, 0.2) is 17.5 Å². The second kappa shape index (κ2) is 11.0. The monoisotopic (exact) mass is 625 g/mol. The molecule has 49 heavy (non-hydrogen) atoms. The molecular weight excluding hydrogens is 599 g/mol. The van der Waals surface area contributed by atoms with Crippen molar-refractivity contribution in [2.24, 2.45) is 0 Å². The van der Waals surface area contributed by atoms with Gasteiger partial charge in [-0.15, -0.1) is 0 Å². The predicted octanol–water partition coefficient (Wildman–Crippen LogP) is 11.9. The minimum atomic E-state index is 0.603. The molecule has 0 saturated heterocycles. The average molecular weight is 626 g/mol. The van der Waals surface area contributed by atoms with Crippen LogP contribution in [-0.4, -0.2) is 15.0 Å². The van der Waals surface area contributed by atoms with Crippen molar-refractivity contribution in [3.8, 4) is 45.3 Å². The standard InChI is InChI=1S/C45H27N3O/c1-3-12-28(13-4-1)31-23-25-36-40(27-31)49-39-21-11-20-37(42(36)39)44-46-43(30-15-5-2-6-16-30)47-45(48-44)38-26-32-17-8-9-18-33(32)35-24-22-29-14-7-10-19-34(29)41(35)38/h1-27H. The van der Waals surface area contributed by atoms with Crippen LogP contribution >= 0.6 is 0 Å². The molecule has 0 fully saturated rings. The Morgan fingerprint density at radius 2 is 0.980 bits per heavy atom. The molecule has 0 aliphatic carbocycles. The topological polar surface area (TPSA) is 51.8 Å². The van der Waals surface area contributed by atoms with Gasteiger partial charge in [0.05, 0.1) is 0 Å². The van der Waals surface area contributed by atoms with Gasteiger partial charge >= 0.3 is 0 Å². The summed E-state index contributed by atoms with van der Waals surface area (Å²) < 4.78 is 6.49. The van der Waals surface area contributed by atoms with E-state index in [4.69, 9.17) is 19.4 Å². The number of hydrogen-bond donors (Lipinski definition) is 0. The van der Waals surface area contributed by atoms with Crippen LogP contribution < -0.4 is 0 Å². The SMILES string of the molecule is c1ccc(-c2ccc3c(c2)oc2cccc(-c4nc(-c5ccccc5)nc(-c5cc6ccccc6c6ccc7ccccc7c56)n4)c23)cc1. The fourth-order valence-electron chi connectivity index (χ4n) is 7.21. The lowest BCUT2D eigenvalue weighted by molar-refractivity contribution is 0.669. The lowest BCUT2D eigenvalue weighted by Crippen LogP contribution is -2.01. The van der Waals surface area contributed by atoms with Crippen molar-refractivity contribution >= 4 is 54.3 Å². The third-order valence-electron chi connectivity index (χ3n) is 9.50. The fourth-order valence-corrected chi connectivity index (χ4v) is 7.21. The van der Waals surface area contributed by atoms with Gasteiger partial charge in [-0.1, -0.05) is 140 Å². The van der Waals surface area contributed by atoms with Gasteiger partial charge in [-0.3, -0.25) is 0 Å². The Labute approximate surface area is 282 Å². The van der Waals surface area contributed by atoms with Crippen molar-refractivity contribution in [1.82, 2.24) is 15.0 Å². The molecule has 10 aromatic rings. The van der Waals surface area contributed by atoms with E-state index in [1.165, 1.54) is 21.5 Å². The molecule has 10 rings (SSSR count). The summed E-state index contributed by atoms with van der Waals surface area (Å²) in [6.45, 7) is 0. The summed E-state index contributed by atoms with van der Waals surface area (Å²) >= 11 is 0. The van der Waals surface area contributed by atoms with E-state index in [1.807, 2.05) is 36.4 Å². The maximum atomic E-state index is 6.49. The molecular formula is C45H27N3O. The molecule has 0 aliphatic rings. The van der Waals surface area contributed by atoms with Crippen molar-refractivity contribution < 1.29 is 4.42 Å². The average Bonchev–Trinajstić information content (AvgIpc) is 3.56. The van der Waals surface area contributed by atoms with Crippen molar-refractivity contribution in [2.45, 2.75) is 0 Å². The summed E-state index contributed by atoms with van der Waals surface area (Å²) in [5.41, 5.74) is 6.69. The molecule has 0 saturated carbocycles. The summed E-state index contributed by atoms with van der Waals surface area (Å²) in [6, 6.07) is 56.8. The van der Waals surface area contributed by atoms with E-state index in [0.29, 0.717) is 17.5 Å². The molecule has 2 aromatic heterocycles.